The average molecular weight is 583 g/mol. The summed E-state index contributed by atoms with van der Waals surface area (Å²) in [5, 5.41) is 9.42. The standard InChI is InChI=1S/C30H38N4O4S2/c1-21(2)26-15-14-22(3)18-27(26)38-28(35)20-39-30-32-31-29(34(30)24-11-5-4-6-12-24)23-10-9-13-25(19-23)40(36,37)33-16-7-8-17-33/h4-6,9-13,19,21-22,26-27H,7-8,14-18,20H2,1-3H3. The Kier molecular flexibility index (Phi) is 8.97. The van der Waals surface area contributed by atoms with Gasteiger partial charge in [-0.25, -0.2) is 8.42 Å². The molecular formula is C30H38N4O4S2. The number of hydrogen-bond donors (Lipinski definition) is 0. The average Bonchev–Trinajstić information content (AvgIpc) is 3.64. The molecule has 0 amide bonds. The molecule has 8 nitrogen and oxygen atoms in total. The lowest BCUT2D eigenvalue weighted by Crippen LogP contribution is -2.36. The molecule has 0 spiro atoms. The van der Waals surface area contributed by atoms with Gasteiger partial charge in [-0.3, -0.25) is 9.36 Å². The fraction of sp³-hybridized carbons (Fsp3) is 0.500. The molecule has 214 valence electrons. The van der Waals surface area contributed by atoms with Crippen LogP contribution in [0.1, 0.15) is 52.9 Å². The highest BCUT2D eigenvalue weighted by molar-refractivity contribution is 7.99. The molecule has 1 saturated heterocycles. The van der Waals surface area contributed by atoms with Crippen molar-refractivity contribution in [3.8, 4) is 17.1 Å². The SMILES string of the molecule is CC1CCC(C(C)C)C(OC(=O)CSc2nnc(-c3cccc(S(=O)(=O)N4CCCC4)c3)n2-c2ccccc2)C1. The van der Waals surface area contributed by atoms with Crippen LogP contribution in [0.3, 0.4) is 0 Å². The number of thioether (sulfide) groups is 1. The minimum atomic E-state index is -3.58. The van der Waals surface area contributed by atoms with Crippen LogP contribution in [0.2, 0.25) is 0 Å². The van der Waals surface area contributed by atoms with Gasteiger partial charge in [0.2, 0.25) is 10.0 Å². The number of esters is 1. The van der Waals surface area contributed by atoms with Gasteiger partial charge in [-0.1, -0.05) is 69.3 Å². The van der Waals surface area contributed by atoms with Gasteiger partial charge in [0.05, 0.1) is 10.6 Å². The van der Waals surface area contributed by atoms with E-state index in [1.54, 1.807) is 18.2 Å². The Morgan fingerprint density at radius 3 is 2.52 bits per heavy atom. The molecular weight excluding hydrogens is 544 g/mol. The largest absolute Gasteiger partial charge is 0.461 e. The van der Waals surface area contributed by atoms with Crippen molar-refractivity contribution in [1.82, 2.24) is 19.1 Å². The minimum Gasteiger partial charge on any atom is -0.461 e. The Morgan fingerprint density at radius 1 is 1.05 bits per heavy atom. The molecule has 1 aliphatic carbocycles. The van der Waals surface area contributed by atoms with Gasteiger partial charge in [0.15, 0.2) is 11.0 Å². The molecule has 2 fully saturated rings. The maximum atomic E-state index is 13.2. The first-order chi connectivity index (χ1) is 19.2. The van der Waals surface area contributed by atoms with Crippen molar-refractivity contribution in [2.75, 3.05) is 18.8 Å². The fourth-order valence-electron chi connectivity index (χ4n) is 5.81. The maximum absolute atomic E-state index is 13.2. The second kappa shape index (κ2) is 12.4. The molecule has 1 saturated carbocycles. The molecule has 3 atom stereocenters. The van der Waals surface area contributed by atoms with Crippen LogP contribution in [0.5, 0.6) is 0 Å². The number of rotatable bonds is 9. The highest BCUT2D eigenvalue weighted by Gasteiger charge is 2.33. The number of para-hydroxylation sites is 1. The van der Waals surface area contributed by atoms with E-state index in [9.17, 15) is 13.2 Å². The van der Waals surface area contributed by atoms with Gasteiger partial charge in [0.25, 0.3) is 0 Å². The van der Waals surface area contributed by atoms with Gasteiger partial charge >= 0.3 is 5.97 Å². The van der Waals surface area contributed by atoms with Crippen LogP contribution in [-0.4, -0.2) is 58.4 Å². The van der Waals surface area contributed by atoms with Crippen LogP contribution in [0.25, 0.3) is 17.1 Å². The van der Waals surface area contributed by atoms with Crippen molar-refractivity contribution in [3.63, 3.8) is 0 Å². The van der Waals surface area contributed by atoms with E-state index in [1.807, 2.05) is 41.0 Å². The summed E-state index contributed by atoms with van der Waals surface area (Å²) >= 11 is 1.28. The lowest BCUT2D eigenvalue weighted by molar-refractivity contribution is -0.152. The fourth-order valence-corrected chi connectivity index (χ4v) is 8.11. The van der Waals surface area contributed by atoms with E-state index >= 15 is 0 Å². The summed E-state index contributed by atoms with van der Waals surface area (Å²) in [4.78, 5) is 13.2. The Bertz CT molecular complexity index is 1420. The van der Waals surface area contributed by atoms with Crippen LogP contribution in [0.15, 0.2) is 64.6 Å². The normalized spacial score (nSPS) is 22.1. The van der Waals surface area contributed by atoms with Gasteiger partial charge < -0.3 is 4.74 Å². The Morgan fingerprint density at radius 2 is 1.80 bits per heavy atom. The third kappa shape index (κ3) is 6.29. The quantitative estimate of drug-likeness (QED) is 0.232. The van der Waals surface area contributed by atoms with E-state index in [-0.39, 0.29) is 22.7 Å². The third-order valence-electron chi connectivity index (χ3n) is 8.01. The lowest BCUT2D eigenvalue weighted by atomic mass is 9.75. The van der Waals surface area contributed by atoms with E-state index in [4.69, 9.17) is 4.74 Å². The number of benzene rings is 2. The number of sulfonamides is 1. The first kappa shape index (κ1) is 28.8. The van der Waals surface area contributed by atoms with Crippen molar-refractivity contribution in [2.24, 2.45) is 17.8 Å². The monoisotopic (exact) mass is 582 g/mol. The lowest BCUT2D eigenvalue weighted by Gasteiger charge is -2.36. The number of hydrogen-bond acceptors (Lipinski definition) is 7. The highest BCUT2D eigenvalue weighted by atomic mass is 32.2. The molecule has 0 N–H and O–H groups in total. The predicted molar refractivity (Wildman–Crippen MR) is 157 cm³/mol. The molecule has 2 heterocycles. The molecule has 0 bridgehead atoms. The summed E-state index contributed by atoms with van der Waals surface area (Å²) in [6, 6.07) is 16.5. The molecule has 10 heteroatoms. The summed E-state index contributed by atoms with van der Waals surface area (Å²) in [5.41, 5.74) is 1.47. The second-order valence-corrected chi connectivity index (χ2v) is 14.1. The number of ether oxygens (including phenoxy) is 1. The number of aromatic nitrogens is 3. The van der Waals surface area contributed by atoms with Crippen molar-refractivity contribution < 1.29 is 17.9 Å². The van der Waals surface area contributed by atoms with Crippen LogP contribution < -0.4 is 0 Å². The van der Waals surface area contributed by atoms with Crippen molar-refractivity contribution in [2.45, 2.75) is 69.0 Å². The van der Waals surface area contributed by atoms with Crippen molar-refractivity contribution in [3.05, 3.63) is 54.6 Å². The number of carbonyl (C=O) groups excluding carboxylic acids is 1. The maximum Gasteiger partial charge on any atom is 0.316 e. The molecule has 0 radical (unpaired) electrons. The first-order valence-corrected chi connectivity index (χ1v) is 16.6. The van der Waals surface area contributed by atoms with Crippen molar-refractivity contribution >= 4 is 27.8 Å². The molecule has 5 rings (SSSR count). The van der Waals surface area contributed by atoms with Crippen LogP contribution in [0, 0.1) is 17.8 Å². The molecule has 3 unspecified atom stereocenters. The summed E-state index contributed by atoms with van der Waals surface area (Å²) in [6.45, 7) is 7.71. The van der Waals surface area contributed by atoms with Crippen LogP contribution >= 0.6 is 11.8 Å². The smallest absolute Gasteiger partial charge is 0.316 e. The molecule has 3 aromatic rings. The van der Waals surface area contributed by atoms with Gasteiger partial charge in [-0.2, -0.15) is 4.31 Å². The van der Waals surface area contributed by atoms with Gasteiger partial charge in [-0.15, -0.1) is 10.2 Å². The first-order valence-electron chi connectivity index (χ1n) is 14.2. The summed E-state index contributed by atoms with van der Waals surface area (Å²) in [7, 11) is -3.58. The number of nitrogens with zero attached hydrogens (tertiary/aromatic N) is 4. The van der Waals surface area contributed by atoms with Crippen molar-refractivity contribution in [1.29, 1.82) is 0 Å². The van der Waals surface area contributed by atoms with Gasteiger partial charge in [0.1, 0.15) is 6.10 Å². The van der Waals surface area contributed by atoms with E-state index in [1.165, 1.54) is 22.5 Å². The van der Waals surface area contributed by atoms with Crippen LogP contribution in [-0.2, 0) is 19.6 Å². The molecule has 1 aromatic heterocycles. The summed E-state index contributed by atoms with van der Waals surface area (Å²) in [5.74, 6) is 1.78. The molecule has 2 aromatic carbocycles. The zero-order valence-electron chi connectivity index (χ0n) is 23.4. The minimum absolute atomic E-state index is 0.0558. The molecule has 40 heavy (non-hydrogen) atoms. The zero-order chi connectivity index (χ0) is 28.3. The Labute approximate surface area is 241 Å². The zero-order valence-corrected chi connectivity index (χ0v) is 25.0. The highest BCUT2D eigenvalue weighted by Crippen LogP contribution is 2.36. The Balaban J connectivity index is 1.39. The van der Waals surface area contributed by atoms with E-state index in [0.717, 1.165) is 31.4 Å². The number of carbonyl (C=O) groups is 1. The molecule has 2 aliphatic rings. The molecule has 1 aliphatic heterocycles. The third-order valence-corrected chi connectivity index (χ3v) is 10.8. The van der Waals surface area contributed by atoms with Gasteiger partial charge in [-0.05, 0) is 67.7 Å². The van der Waals surface area contributed by atoms with E-state index in [2.05, 4.69) is 31.0 Å². The second-order valence-electron chi connectivity index (χ2n) is 11.3. The summed E-state index contributed by atoms with van der Waals surface area (Å²) < 4.78 is 35.9. The Hall–Kier alpha value is -2.69. The van der Waals surface area contributed by atoms with Crippen LogP contribution in [0.4, 0.5) is 0 Å². The van der Waals surface area contributed by atoms with E-state index < -0.39 is 10.0 Å². The predicted octanol–water partition coefficient (Wildman–Crippen LogP) is 5.81. The van der Waals surface area contributed by atoms with E-state index in [0.29, 0.717) is 47.4 Å². The summed E-state index contributed by atoms with van der Waals surface area (Å²) in [6.07, 6.45) is 4.86. The topological polar surface area (TPSA) is 94.4 Å². The van der Waals surface area contributed by atoms with Gasteiger partial charge in [0, 0.05) is 24.3 Å².